The van der Waals surface area contributed by atoms with Crippen molar-refractivity contribution in [2.45, 2.75) is 6.92 Å². The summed E-state index contributed by atoms with van der Waals surface area (Å²) in [6, 6.07) is 8.86. The average molecular weight is 201 g/mol. The van der Waals surface area contributed by atoms with E-state index in [4.69, 9.17) is 10.2 Å². The molecular formula is C12H11NO2. The third-order valence-corrected chi connectivity index (χ3v) is 2.22. The van der Waals surface area contributed by atoms with Crippen LogP contribution >= 0.6 is 0 Å². The van der Waals surface area contributed by atoms with Crippen molar-refractivity contribution in [2.24, 2.45) is 0 Å². The second-order valence-corrected chi connectivity index (χ2v) is 3.40. The van der Waals surface area contributed by atoms with Gasteiger partial charge in [-0.1, -0.05) is 29.8 Å². The number of rotatable bonds is 2. The van der Waals surface area contributed by atoms with E-state index in [0.717, 1.165) is 5.56 Å². The molecule has 0 saturated heterocycles. The number of furan rings is 1. The first-order chi connectivity index (χ1) is 7.18. The van der Waals surface area contributed by atoms with E-state index in [9.17, 15) is 4.79 Å². The van der Waals surface area contributed by atoms with Gasteiger partial charge in [-0.05, 0) is 6.92 Å². The number of aryl methyl sites for hydroxylation is 1. The standard InChI is InChI=1S/C12H11NO2/c1-8-2-4-9(5-3-8)11(14)12-10(13)6-7-15-12/h2-7H,13H2,1H3. The van der Waals surface area contributed by atoms with Gasteiger partial charge in [-0.25, -0.2) is 0 Å². The molecule has 2 rings (SSSR count). The minimum atomic E-state index is -0.183. The highest BCUT2D eigenvalue weighted by Crippen LogP contribution is 2.17. The number of anilines is 1. The molecule has 0 spiro atoms. The van der Waals surface area contributed by atoms with Crippen molar-refractivity contribution in [1.82, 2.24) is 0 Å². The maximum absolute atomic E-state index is 11.9. The van der Waals surface area contributed by atoms with Crippen LogP contribution in [0.5, 0.6) is 0 Å². The maximum atomic E-state index is 11.9. The van der Waals surface area contributed by atoms with E-state index >= 15 is 0 Å². The monoisotopic (exact) mass is 201 g/mol. The van der Waals surface area contributed by atoms with Crippen molar-refractivity contribution in [1.29, 1.82) is 0 Å². The molecule has 1 aromatic heterocycles. The Balaban J connectivity index is 2.37. The number of nitrogen functional groups attached to an aromatic ring is 1. The summed E-state index contributed by atoms with van der Waals surface area (Å²) in [5, 5.41) is 0. The van der Waals surface area contributed by atoms with E-state index in [1.807, 2.05) is 19.1 Å². The first-order valence-corrected chi connectivity index (χ1v) is 4.63. The molecule has 1 aromatic carbocycles. The number of hydrogen-bond acceptors (Lipinski definition) is 3. The summed E-state index contributed by atoms with van der Waals surface area (Å²) in [6.07, 6.45) is 1.41. The topological polar surface area (TPSA) is 56.2 Å². The molecule has 3 nitrogen and oxygen atoms in total. The molecule has 0 saturated carbocycles. The Morgan fingerprint density at radius 3 is 2.40 bits per heavy atom. The van der Waals surface area contributed by atoms with Crippen molar-refractivity contribution >= 4 is 11.5 Å². The van der Waals surface area contributed by atoms with Gasteiger partial charge in [0.15, 0.2) is 5.76 Å². The molecule has 1 heterocycles. The minimum Gasteiger partial charge on any atom is -0.459 e. The first kappa shape index (κ1) is 9.52. The molecule has 0 unspecified atom stereocenters. The molecule has 0 amide bonds. The summed E-state index contributed by atoms with van der Waals surface area (Å²) < 4.78 is 5.04. The smallest absolute Gasteiger partial charge is 0.230 e. The van der Waals surface area contributed by atoms with Crippen LogP contribution in [0.2, 0.25) is 0 Å². The quantitative estimate of drug-likeness (QED) is 0.759. The third kappa shape index (κ3) is 1.76. The molecular weight excluding hydrogens is 190 g/mol. The summed E-state index contributed by atoms with van der Waals surface area (Å²) >= 11 is 0. The molecule has 0 radical (unpaired) electrons. The Hall–Kier alpha value is -2.03. The van der Waals surface area contributed by atoms with Gasteiger partial charge in [0.25, 0.3) is 0 Å². The molecule has 2 aromatic rings. The average Bonchev–Trinajstić information content (AvgIpc) is 2.65. The molecule has 0 bridgehead atoms. The third-order valence-electron chi connectivity index (χ3n) is 2.22. The second-order valence-electron chi connectivity index (χ2n) is 3.40. The van der Waals surface area contributed by atoms with Gasteiger partial charge < -0.3 is 10.2 Å². The molecule has 76 valence electrons. The molecule has 2 N–H and O–H groups in total. The van der Waals surface area contributed by atoms with Gasteiger partial charge in [0, 0.05) is 11.6 Å². The van der Waals surface area contributed by atoms with Crippen LogP contribution in [0, 0.1) is 6.92 Å². The molecule has 3 heteroatoms. The fraction of sp³-hybridized carbons (Fsp3) is 0.0833. The molecule has 0 aliphatic rings. The Bertz CT molecular complexity index is 483. The van der Waals surface area contributed by atoms with Crippen molar-refractivity contribution < 1.29 is 9.21 Å². The first-order valence-electron chi connectivity index (χ1n) is 4.63. The van der Waals surface area contributed by atoms with Crippen molar-refractivity contribution in [3.8, 4) is 0 Å². The summed E-state index contributed by atoms with van der Waals surface area (Å²) in [4.78, 5) is 11.9. The van der Waals surface area contributed by atoms with Crippen LogP contribution in [0.15, 0.2) is 41.0 Å². The highest BCUT2D eigenvalue weighted by Gasteiger charge is 2.15. The van der Waals surface area contributed by atoms with E-state index in [1.165, 1.54) is 6.26 Å². The molecule has 0 fully saturated rings. The van der Waals surface area contributed by atoms with Gasteiger partial charge in [0.1, 0.15) is 0 Å². The van der Waals surface area contributed by atoms with Gasteiger partial charge >= 0.3 is 0 Å². The van der Waals surface area contributed by atoms with Crippen LogP contribution in [0.3, 0.4) is 0 Å². The largest absolute Gasteiger partial charge is 0.459 e. The number of carbonyl (C=O) groups excluding carboxylic acids is 1. The van der Waals surface area contributed by atoms with E-state index in [2.05, 4.69) is 0 Å². The van der Waals surface area contributed by atoms with Crippen LogP contribution < -0.4 is 5.73 Å². The normalized spacial score (nSPS) is 10.2. The SMILES string of the molecule is Cc1ccc(C(=O)c2occc2N)cc1. The van der Waals surface area contributed by atoms with E-state index < -0.39 is 0 Å². The highest BCUT2D eigenvalue weighted by atomic mass is 16.3. The Morgan fingerprint density at radius 1 is 1.20 bits per heavy atom. The second kappa shape index (κ2) is 3.61. The lowest BCUT2D eigenvalue weighted by Gasteiger charge is -1.99. The number of nitrogens with two attached hydrogens (primary N) is 1. The number of hydrogen-bond donors (Lipinski definition) is 1. The lowest BCUT2D eigenvalue weighted by Crippen LogP contribution is -2.02. The fourth-order valence-electron chi connectivity index (χ4n) is 1.34. The van der Waals surface area contributed by atoms with E-state index in [1.54, 1.807) is 18.2 Å². The number of ketones is 1. The predicted molar refractivity (Wildman–Crippen MR) is 57.7 cm³/mol. The summed E-state index contributed by atoms with van der Waals surface area (Å²) in [7, 11) is 0. The summed E-state index contributed by atoms with van der Waals surface area (Å²) in [6.45, 7) is 1.97. The maximum Gasteiger partial charge on any atom is 0.230 e. The molecule has 0 atom stereocenters. The van der Waals surface area contributed by atoms with Gasteiger partial charge in [0.2, 0.25) is 5.78 Å². The Kier molecular flexibility index (Phi) is 2.29. The molecule has 15 heavy (non-hydrogen) atoms. The molecule has 0 aliphatic carbocycles. The van der Waals surface area contributed by atoms with Gasteiger partial charge in [-0.15, -0.1) is 0 Å². The summed E-state index contributed by atoms with van der Waals surface area (Å²) in [5.74, 6) is 0.0244. The molecule has 0 aliphatic heterocycles. The number of carbonyl (C=O) groups is 1. The number of benzene rings is 1. The van der Waals surface area contributed by atoms with Crippen LogP contribution in [0.25, 0.3) is 0 Å². The van der Waals surface area contributed by atoms with E-state index in [-0.39, 0.29) is 11.5 Å². The lowest BCUT2D eigenvalue weighted by atomic mass is 10.1. The zero-order chi connectivity index (χ0) is 10.8. The lowest BCUT2D eigenvalue weighted by molar-refractivity contribution is 0.101. The van der Waals surface area contributed by atoms with Crippen molar-refractivity contribution in [3.63, 3.8) is 0 Å². The zero-order valence-corrected chi connectivity index (χ0v) is 8.36. The van der Waals surface area contributed by atoms with Gasteiger partial charge in [0.05, 0.1) is 12.0 Å². The van der Waals surface area contributed by atoms with Crippen molar-refractivity contribution in [2.75, 3.05) is 5.73 Å². The van der Waals surface area contributed by atoms with Gasteiger partial charge in [-0.2, -0.15) is 0 Å². The summed E-state index contributed by atoms with van der Waals surface area (Å²) in [5.41, 5.74) is 7.67. The Morgan fingerprint density at radius 2 is 1.87 bits per heavy atom. The minimum absolute atomic E-state index is 0.183. The van der Waals surface area contributed by atoms with Crippen LogP contribution in [-0.2, 0) is 0 Å². The Labute approximate surface area is 87.5 Å². The fourth-order valence-corrected chi connectivity index (χ4v) is 1.34. The predicted octanol–water partition coefficient (Wildman–Crippen LogP) is 2.40. The van der Waals surface area contributed by atoms with Gasteiger partial charge in [-0.3, -0.25) is 4.79 Å². The van der Waals surface area contributed by atoms with Crippen LogP contribution in [-0.4, -0.2) is 5.78 Å². The van der Waals surface area contributed by atoms with Crippen LogP contribution in [0.1, 0.15) is 21.7 Å². The highest BCUT2D eigenvalue weighted by molar-refractivity contribution is 6.10. The van der Waals surface area contributed by atoms with Crippen LogP contribution in [0.4, 0.5) is 5.69 Å². The zero-order valence-electron chi connectivity index (χ0n) is 8.36. The van der Waals surface area contributed by atoms with Crippen molar-refractivity contribution in [3.05, 3.63) is 53.5 Å². The van der Waals surface area contributed by atoms with E-state index in [0.29, 0.717) is 11.3 Å².